The Morgan fingerprint density at radius 1 is 1.40 bits per heavy atom. The molecule has 0 amide bonds. The summed E-state index contributed by atoms with van der Waals surface area (Å²) in [7, 11) is 0. The smallest absolute Gasteiger partial charge is 0.239 e. The van der Waals surface area contributed by atoms with Crippen molar-refractivity contribution in [3.05, 3.63) is 24.4 Å². The molecule has 1 aliphatic carbocycles. The van der Waals surface area contributed by atoms with Gasteiger partial charge in [-0.3, -0.25) is 0 Å². The highest BCUT2D eigenvalue weighted by Gasteiger charge is 2.22. The van der Waals surface area contributed by atoms with Crippen LogP contribution in [0.3, 0.4) is 0 Å². The molecular formula is C13H17N5O2. The second kappa shape index (κ2) is 5.77. The zero-order valence-electron chi connectivity index (χ0n) is 11.1. The first kappa shape index (κ1) is 12.7. The summed E-state index contributed by atoms with van der Waals surface area (Å²) < 4.78 is 10.3. The molecule has 0 aliphatic heterocycles. The molecule has 0 saturated heterocycles. The van der Waals surface area contributed by atoms with Crippen molar-refractivity contribution in [2.24, 2.45) is 5.92 Å². The maximum absolute atomic E-state index is 5.85. The van der Waals surface area contributed by atoms with Crippen LogP contribution in [-0.4, -0.2) is 28.3 Å². The molecule has 2 aromatic rings. The number of nitrogen functional groups attached to an aromatic ring is 1. The second-order valence-corrected chi connectivity index (χ2v) is 4.87. The van der Waals surface area contributed by atoms with Crippen LogP contribution in [0.5, 0.6) is 5.88 Å². The van der Waals surface area contributed by atoms with E-state index in [9.17, 15) is 0 Å². The van der Waals surface area contributed by atoms with E-state index >= 15 is 0 Å². The number of nitrogens with two attached hydrogens (primary N) is 1. The average Bonchev–Trinajstić information content (AvgIpc) is 3.14. The summed E-state index contributed by atoms with van der Waals surface area (Å²) in [5.41, 5.74) is 6.42. The number of anilines is 2. The van der Waals surface area contributed by atoms with Gasteiger partial charge in [-0.2, -0.15) is 9.97 Å². The SMILES string of the molecule is Nc1ccc(NCCc2ncon2)nc1OCC1CC1. The van der Waals surface area contributed by atoms with Gasteiger partial charge >= 0.3 is 0 Å². The van der Waals surface area contributed by atoms with Crippen molar-refractivity contribution in [1.29, 1.82) is 0 Å². The van der Waals surface area contributed by atoms with Crippen LogP contribution in [0.4, 0.5) is 11.5 Å². The van der Waals surface area contributed by atoms with E-state index in [-0.39, 0.29) is 0 Å². The normalized spacial score (nSPS) is 14.2. The monoisotopic (exact) mass is 275 g/mol. The largest absolute Gasteiger partial charge is 0.476 e. The molecule has 0 atom stereocenters. The summed E-state index contributed by atoms with van der Waals surface area (Å²) in [6.45, 7) is 1.36. The van der Waals surface area contributed by atoms with Gasteiger partial charge in [-0.25, -0.2) is 0 Å². The van der Waals surface area contributed by atoms with Crippen LogP contribution in [0.2, 0.25) is 0 Å². The number of aromatic nitrogens is 3. The third-order valence-corrected chi connectivity index (χ3v) is 3.10. The number of ether oxygens (including phenoxy) is 1. The van der Waals surface area contributed by atoms with Gasteiger partial charge in [-0.05, 0) is 30.9 Å². The Kier molecular flexibility index (Phi) is 3.67. The Balaban J connectivity index is 1.53. The Bertz CT molecular complexity index is 554. The van der Waals surface area contributed by atoms with Crippen molar-refractivity contribution in [3.8, 4) is 5.88 Å². The van der Waals surface area contributed by atoms with Gasteiger partial charge in [0.1, 0.15) is 5.82 Å². The predicted molar refractivity (Wildman–Crippen MR) is 73.4 cm³/mol. The van der Waals surface area contributed by atoms with Gasteiger partial charge in [-0.1, -0.05) is 5.16 Å². The zero-order valence-corrected chi connectivity index (χ0v) is 11.1. The number of pyridine rings is 1. The fourth-order valence-electron chi connectivity index (χ4n) is 1.75. The van der Waals surface area contributed by atoms with Crippen molar-refractivity contribution in [3.63, 3.8) is 0 Å². The molecule has 1 aliphatic rings. The minimum absolute atomic E-state index is 0.501. The number of nitrogens with zero attached hydrogens (tertiary/aromatic N) is 3. The van der Waals surface area contributed by atoms with Gasteiger partial charge in [0.15, 0.2) is 5.82 Å². The first-order chi connectivity index (χ1) is 9.81. The molecule has 2 aromatic heterocycles. The van der Waals surface area contributed by atoms with Gasteiger partial charge in [0.05, 0.1) is 12.3 Å². The van der Waals surface area contributed by atoms with Gasteiger partial charge in [0, 0.05) is 13.0 Å². The standard InChI is InChI=1S/C13H17N5O2/c14-10-3-4-11(15-6-5-12-16-8-20-18-12)17-13(10)19-7-9-1-2-9/h3-4,8-9H,1-2,5-7,14H2,(H,15,17). The number of hydrogen-bond donors (Lipinski definition) is 2. The Labute approximate surface area is 116 Å². The van der Waals surface area contributed by atoms with Crippen LogP contribution in [0, 0.1) is 5.92 Å². The summed E-state index contributed by atoms with van der Waals surface area (Å²) in [5, 5.41) is 6.93. The Morgan fingerprint density at radius 2 is 2.30 bits per heavy atom. The minimum atomic E-state index is 0.501. The lowest BCUT2D eigenvalue weighted by Gasteiger charge is -2.10. The third kappa shape index (κ3) is 3.37. The summed E-state index contributed by atoms with van der Waals surface area (Å²) in [6, 6.07) is 3.63. The molecule has 0 bridgehead atoms. The molecule has 0 radical (unpaired) electrons. The lowest BCUT2D eigenvalue weighted by Crippen LogP contribution is -2.09. The predicted octanol–water partition coefficient (Wildman–Crippen LogP) is 1.49. The molecule has 3 N–H and O–H groups in total. The maximum Gasteiger partial charge on any atom is 0.239 e. The van der Waals surface area contributed by atoms with Crippen molar-refractivity contribution >= 4 is 11.5 Å². The minimum Gasteiger partial charge on any atom is -0.476 e. The highest BCUT2D eigenvalue weighted by Crippen LogP contribution is 2.30. The lowest BCUT2D eigenvalue weighted by atomic mass is 10.3. The molecule has 0 spiro atoms. The van der Waals surface area contributed by atoms with Gasteiger partial charge in [-0.15, -0.1) is 0 Å². The molecule has 1 saturated carbocycles. The van der Waals surface area contributed by atoms with Crippen molar-refractivity contribution in [1.82, 2.24) is 15.1 Å². The molecule has 1 fully saturated rings. The molecule has 106 valence electrons. The highest BCUT2D eigenvalue weighted by molar-refractivity contribution is 5.53. The highest BCUT2D eigenvalue weighted by atomic mass is 16.5. The van der Waals surface area contributed by atoms with E-state index in [2.05, 4.69) is 25.0 Å². The van der Waals surface area contributed by atoms with E-state index in [0.29, 0.717) is 42.9 Å². The number of hydrogen-bond acceptors (Lipinski definition) is 7. The zero-order chi connectivity index (χ0) is 13.8. The van der Waals surface area contributed by atoms with E-state index in [0.717, 1.165) is 5.82 Å². The number of nitrogens with one attached hydrogen (secondary N) is 1. The van der Waals surface area contributed by atoms with Gasteiger partial charge in [0.2, 0.25) is 12.3 Å². The van der Waals surface area contributed by atoms with Crippen molar-refractivity contribution in [2.75, 3.05) is 24.2 Å². The summed E-state index contributed by atoms with van der Waals surface area (Å²) in [5.74, 6) is 2.57. The molecule has 7 nitrogen and oxygen atoms in total. The van der Waals surface area contributed by atoms with Gasteiger partial charge in [0.25, 0.3) is 0 Å². The maximum atomic E-state index is 5.85. The van der Waals surface area contributed by atoms with E-state index in [4.69, 9.17) is 10.5 Å². The van der Waals surface area contributed by atoms with Gasteiger partial charge < -0.3 is 20.3 Å². The first-order valence-corrected chi connectivity index (χ1v) is 6.69. The van der Waals surface area contributed by atoms with Crippen LogP contribution in [0.25, 0.3) is 0 Å². The van der Waals surface area contributed by atoms with E-state index < -0.39 is 0 Å². The van der Waals surface area contributed by atoms with Crippen LogP contribution in [0.15, 0.2) is 23.0 Å². The van der Waals surface area contributed by atoms with E-state index in [1.807, 2.05) is 6.07 Å². The van der Waals surface area contributed by atoms with Crippen molar-refractivity contribution < 1.29 is 9.26 Å². The lowest BCUT2D eigenvalue weighted by molar-refractivity contribution is 0.290. The number of rotatable bonds is 7. The fraction of sp³-hybridized carbons (Fsp3) is 0.462. The summed E-state index contributed by atoms with van der Waals surface area (Å²) in [6.07, 6.45) is 4.46. The molecule has 0 unspecified atom stereocenters. The summed E-state index contributed by atoms with van der Waals surface area (Å²) in [4.78, 5) is 8.32. The molecule has 7 heteroatoms. The van der Waals surface area contributed by atoms with Crippen LogP contribution >= 0.6 is 0 Å². The quantitative estimate of drug-likeness (QED) is 0.789. The van der Waals surface area contributed by atoms with Crippen LogP contribution < -0.4 is 15.8 Å². The van der Waals surface area contributed by atoms with Crippen molar-refractivity contribution in [2.45, 2.75) is 19.3 Å². The van der Waals surface area contributed by atoms with E-state index in [1.54, 1.807) is 6.07 Å². The summed E-state index contributed by atoms with van der Waals surface area (Å²) >= 11 is 0. The second-order valence-electron chi connectivity index (χ2n) is 4.87. The average molecular weight is 275 g/mol. The Morgan fingerprint density at radius 3 is 3.05 bits per heavy atom. The molecular weight excluding hydrogens is 258 g/mol. The van der Waals surface area contributed by atoms with Crippen LogP contribution in [-0.2, 0) is 6.42 Å². The van der Waals surface area contributed by atoms with E-state index in [1.165, 1.54) is 19.2 Å². The Hall–Kier alpha value is -2.31. The molecule has 3 rings (SSSR count). The van der Waals surface area contributed by atoms with Crippen LogP contribution in [0.1, 0.15) is 18.7 Å². The first-order valence-electron chi connectivity index (χ1n) is 6.69. The topological polar surface area (TPSA) is 99.1 Å². The molecule has 0 aromatic carbocycles. The molecule has 2 heterocycles. The third-order valence-electron chi connectivity index (χ3n) is 3.10. The molecule has 20 heavy (non-hydrogen) atoms. The fourth-order valence-corrected chi connectivity index (χ4v) is 1.75.